The van der Waals surface area contributed by atoms with E-state index in [0.29, 0.717) is 39.6 Å². The fourth-order valence-electron chi connectivity index (χ4n) is 4.09. The molecule has 0 amide bonds. The molecule has 39 heavy (non-hydrogen) atoms. The van der Waals surface area contributed by atoms with Crippen molar-refractivity contribution in [2.45, 2.75) is 71.1 Å². The molecular formula is C30H49O8P. The maximum Gasteiger partial charge on any atom is 0.472 e. The fraction of sp³-hybridized carbons (Fsp3) is 0.667. The van der Waals surface area contributed by atoms with Gasteiger partial charge in [-0.3, -0.25) is 9.05 Å². The van der Waals surface area contributed by atoms with Gasteiger partial charge in [-0.2, -0.15) is 0 Å². The van der Waals surface area contributed by atoms with Gasteiger partial charge in [0.05, 0.1) is 52.9 Å². The Kier molecular flexibility index (Phi) is 19.2. The summed E-state index contributed by atoms with van der Waals surface area (Å²) in [5.41, 5.74) is 0. The number of ether oxygens (including phenoxy) is 4. The highest BCUT2D eigenvalue weighted by Gasteiger charge is 2.20. The maximum absolute atomic E-state index is 11.9. The fourth-order valence-corrected chi connectivity index (χ4v) is 4.83. The Morgan fingerprint density at radius 2 is 1.10 bits per heavy atom. The Bertz CT molecular complexity index is 904. The number of hydrogen-bond acceptors (Lipinski definition) is 7. The van der Waals surface area contributed by atoms with Crippen LogP contribution in [0.15, 0.2) is 42.5 Å². The summed E-state index contributed by atoms with van der Waals surface area (Å²) in [7, 11) is -4.02. The van der Waals surface area contributed by atoms with Gasteiger partial charge < -0.3 is 23.8 Å². The van der Waals surface area contributed by atoms with E-state index >= 15 is 0 Å². The summed E-state index contributed by atoms with van der Waals surface area (Å²) >= 11 is 0. The van der Waals surface area contributed by atoms with Crippen molar-refractivity contribution in [3.8, 4) is 5.75 Å². The standard InChI is InChI=1S/C30H49O8P/c1-2-3-4-5-6-7-8-9-10-13-19-37-39(31,32)38-27-25-35-23-21-33-20-22-34-24-26-36-30-18-14-16-28-15-11-12-17-29(28)30/h11-12,14-18H,2-10,13,19-27H2,1H3,(H,31,32). The molecule has 0 spiro atoms. The summed E-state index contributed by atoms with van der Waals surface area (Å²) < 4.78 is 44.1. The Morgan fingerprint density at radius 1 is 0.590 bits per heavy atom. The van der Waals surface area contributed by atoms with Crippen LogP contribution in [0.3, 0.4) is 0 Å². The van der Waals surface area contributed by atoms with Crippen LogP contribution in [0.25, 0.3) is 10.8 Å². The summed E-state index contributed by atoms with van der Waals surface area (Å²) in [4.78, 5) is 9.74. The first-order valence-electron chi connectivity index (χ1n) is 14.6. The third kappa shape index (κ3) is 17.0. The number of phosphoric ester groups is 1. The molecular weight excluding hydrogens is 519 g/mol. The molecule has 9 heteroatoms. The topological polar surface area (TPSA) is 92.7 Å². The highest BCUT2D eigenvalue weighted by Crippen LogP contribution is 2.43. The number of benzene rings is 2. The van der Waals surface area contributed by atoms with Crippen molar-refractivity contribution < 1.29 is 37.5 Å². The largest absolute Gasteiger partial charge is 0.491 e. The number of phosphoric acid groups is 1. The van der Waals surface area contributed by atoms with Crippen LogP contribution in [0, 0.1) is 0 Å². The summed E-state index contributed by atoms with van der Waals surface area (Å²) in [6.07, 6.45) is 12.0. The molecule has 1 N–H and O–H groups in total. The van der Waals surface area contributed by atoms with Gasteiger partial charge in [0.1, 0.15) is 12.4 Å². The molecule has 8 nitrogen and oxygen atoms in total. The number of hydrogen-bond donors (Lipinski definition) is 1. The molecule has 0 radical (unpaired) electrons. The van der Waals surface area contributed by atoms with Gasteiger partial charge in [-0.25, -0.2) is 4.57 Å². The van der Waals surface area contributed by atoms with Crippen molar-refractivity contribution in [1.29, 1.82) is 0 Å². The lowest BCUT2D eigenvalue weighted by atomic mass is 10.1. The van der Waals surface area contributed by atoms with Crippen molar-refractivity contribution in [3.63, 3.8) is 0 Å². The van der Waals surface area contributed by atoms with Crippen LogP contribution in [0.1, 0.15) is 71.1 Å². The van der Waals surface area contributed by atoms with Crippen molar-refractivity contribution in [2.24, 2.45) is 0 Å². The molecule has 1 unspecified atom stereocenters. The molecule has 0 fully saturated rings. The van der Waals surface area contributed by atoms with E-state index in [-0.39, 0.29) is 19.8 Å². The molecule has 2 aromatic rings. The van der Waals surface area contributed by atoms with E-state index in [1.165, 1.54) is 44.9 Å². The van der Waals surface area contributed by atoms with E-state index in [9.17, 15) is 9.46 Å². The average Bonchev–Trinajstić information content (AvgIpc) is 2.94. The van der Waals surface area contributed by atoms with E-state index in [2.05, 4.69) is 19.1 Å². The third-order valence-corrected chi connectivity index (χ3v) is 7.23. The first-order valence-corrected chi connectivity index (χ1v) is 16.1. The molecule has 1 atom stereocenters. The minimum absolute atomic E-state index is 0.00831. The van der Waals surface area contributed by atoms with Gasteiger partial charge >= 0.3 is 7.82 Å². The zero-order chi connectivity index (χ0) is 27.9. The first kappa shape index (κ1) is 33.7. The van der Waals surface area contributed by atoms with E-state index < -0.39 is 7.82 Å². The minimum Gasteiger partial charge on any atom is -0.491 e. The highest BCUT2D eigenvalue weighted by atomic mass is 31.2. The Hall–Kier alpha value is -1.51. The molecule has 2 aromatic carbocycles. The lowest BCUT2D eigenvalue weighted by Gasteiger charge is -2.12. The minimum atomic E-state index is -4.02. The van der Waals surface area contributed by atoms with Gasteiger partial charge in [0, 0.05) is 5.39 Å². The summed E-state index contributed by atoms with van der Waals surface area (Å²) in [5.74, 6) is 0.854. The van der Waals surface area contributed by atoms with Gasteiger partial charge in [0.2, 0.25) is 0 Å². The lowest BCUT2D eigenvalue weighted by molar-refractivity contribution is 0.00283. The molecule has 0 saturated carbocycles. The second-order valence-corrected chi connectivity index (χ2v) is 10.9. The Labute approximate surface area is 234 Å². The van der Waals surface area contributed by atoms with Crippen molar-refractivity contribution in [2.75, 3.05) is 59.5 Å². The normalized spacial score (nSPS) is 13.1. The summed E-state index contributed by atoms with van der Waals surface area (Å²) in [6, 6.07) is 14.1. The first-order chi connectivity index (χ1) is 19.1. The third-order valence-electron chi connectivity index (χ3n) is 6.21. The number of fused-ring (bicyclic) bond motifs is 1. The lowest BCUT2D eigenvalue weighted by Crippen LogP contribution is -2.13. The van der Waals surface area contributed by atoms with Gasteiger partial charge in [0.25, 0.3) is 0 Å². The quantitative estimate of drug-likeness (QED) is 0.0932. The van der Waals surface area contributed by atoms with Gasteiger partial charge in [-0.15, -0.1) is 0 Å². The van der Waals surface area contributed by atoms with E-state index in [1.54, 1.807) is 0 Å². The Morgan fingerprint density at radius 3 is 1.77 bits per heavy atom. The van der Waals surface area contributed by atoms with E-state index in [1.807, 2.05) is 30.3 Å². The molecule has 0 bridgehead atoms. The second-order valence-electron chi connectivity index (χ2n) is 9.48. The smallest absolute Gasteiger partial charge is 0.472 e. The molecule has 0 heterocycles. The average molecular weight is 569 g/mol. The van der Waals surface area contributed by atoms with Crippen LogP contribution < -0.4 is 4.74 Å². The predicted molar refractivity (Wildman–Crippen MR) is 155 cm³/mol. The molecule has 0 aliphatic heterocycles. The molecule has 0 saturated heterocycles. The summed E-state index contributed by atoms with van der Waals surface area (Å²) in [6.45, 7) is 5.27. The van der Waals surface area contributed by atoms with Gasteiger partial charge in [-0.1, -0.05) is 101 Å². The number of unbranched alkanes of at least 4 members (excludes halogenated alkanes) is 9. The predicted octanol–water partition coefficient (Wildman–Crippen LogP) is 7.32. The highest BCUT2D eigenvalue weighted by molar-refractivity contribution is 7.47. The van der Waals surface area contributed by atoms with Crippen LogP contribution in [0.2, 0.25) is 0 Å². The van der Waals surface area contributed by atoms with E-state index in [0.717, 1.165) is 35.8 Å². The second kappa shape index (κ2) is 22.2. The maximum atomic E-state index is 11.9. The zero-order valence-corrected chi connectivity index (χ0v) is 24.6. The van der Waals surface area contributed by atoms with Crippen LogP contribution in [-0.4, -0.2) is 64.4 Å². The zero-order valence-electron chi connectivity index (χ0n) is 23.7. The van der Waals surface area contributed by atoms with Crippen LogP contribution >= 0.6 is 7.82 Å². The van der Waals surface area contributed by atoms with Crippen LogP contribution in [0.4, 0.5) is 0 Å². The van der Waals surface area contributed by atoms with Crippen LogP contribution in [-0.2, 0) is 27.8 Å². The van der Waals surface area contributed by atoms with Crippen molar-refractivity contribution in [1.82, 2.24) is 0 Å². The Balaban J connectivity index is 1.32. The molecule has 0 aliphatic carbocycles. The summed E-state index contributed by atoms with van der Waals surface area (Å²) in [5, 5.41) is 2.24. The molecule has 0 aromatic heterocycles. The molecule has 222 valence electrons. The number of rotatable bonds is 26. The van der Waals surface area contributed by atoms with Crippen LogP contribution in [0.5, 0.6) is 5.75 Å². The monoisotopic (exact) mass is 568 g/mol. The van der Waals surface area contributed by atoms with Crippen molar-refractivity contribution >= 4 is 18.6 Å². The molecule has 2 rings (SSSR count). The van der Waals surface area contributed by atoms with Crippen molar-refractivity contribution in [3.05, 3.63) is 42.5 Å². The van der Waals surface area contributed by atoms with E-state index in [4.69, 9.17) is 28.0 Å². The van der Waals surface area contributed by atoms with Gasteiger partial charge in [0.15, 0.2) is 0 Å². The SMILES string of the molecule is CCCCCCCCCCCCOP(=O)(O)OCCOCCOCCOCCOc1cccc2ccccc12. The molecule has 0 aliphatic rings. The van der Waals surface area contributed by atoms with Gasteiger partial charge in [-0.05, 0) is 17.9 Å².